The van der Waals surface area contributed by atoms with Crippen molar-refractivity contribution < 1.29 is 285 Å². The van der Waals surface area contributed by atoms with Crippen molar-refractivity contribution in [3.05, 3.63) is 11.8 Å². The van der Waals surface area contributed by atoms with Gasteiger partial charge in [-0.2, -0.15) is 77.8 Å². The van der Waals surface area contributed by atoms with Gasteiger partial charge in [0.05, 0.1) is 26.4 Å². The third-order valence-electron chi connectivity index (χ3n) is 18.0. The van der Waals surface area contributed by atoms with Crippen molar-refractivity contribution in [2.75, 3.05) is 26.4 Å². The minimum atomic E-state index is -5.96. The molecule has 0 saturated carbocycles. The zero-order chi connectivity index (χ0) is 90.4. The molecule has 120 heavy (non-hydrogen) atoms. The van der Waals surface area contributed by atoms with Crippen LogP contribution in [0.3, 0.4) is 0 Å². The quantitative estimate of drug-likeness (QED) is 0.0259. The fourth-order valence-corrected chi connectivity index (χ4v) is 16.1. The van der Waals surface area contributed by atoms with Gasteiger partial charge in [-0.25, -0.2) is 31.7 Å². The van der Waals surface area contributed by atoms with E-state index in [1.807, 2.05) is 0 Å². The first-order valence-electron chi connectivity index (χ1n) is 32.7. The molecule has 8 aliphatic rings. The molecule has 38 atom stereocenters. The Morgan fingerprint density at radius 1 is 0.317 bits per heavy atom. The van der Waals surface area contributed by atoms with Crippen LogP contribution in [0.25, 0.3) is 0 Å². The molecule has 8 rings (SSSR count). The van der Waals surface area contributed by atoms with Crippen molar-refractivity contribution in [3.63, 3.8) is 0 Å². The lowest BCUT2D eigenvalue weighted by Crippen LogP contribution is -2.71. The van der Waals surface area contributed by atoms with Crippen molar-refractivity contribution >= 4 is 96.3 Å². The number of aliphatic hydroxyl groups excluding tert-OH is 14. The minimum Gasteiger partial charge on any atom is -0.479 e. The molecule has 0 aromatic carbocycles. The van der Waals surface area contributed by atoms with Crippen molar-refractivity contribution in [2.45, 2.75) is 233 Å². The van der Waals surface area contributed by atoms with E-state index in [0.717, 1.165) is 0 Å². The fourth-order valence-electron chi connectivity index (χ4n) is 12.8. The molecule has 7 fully saturated rings. The summed E-state index contributed by atoms with van der Waals surface area (Å²) in [4.78, 5) is 50.7. The highest BCUT2D eigenvalue weighted by Crippen LogP contribution is 2.40. The van der Waals surface area contributed by atoms with Crippen molar-refractivity contribution in [2.24, 2.45) is 0 Å². The smallest absolute Gasteiger partial charge is 0.397 e. The van der Waals surface area contributed by atoms with Gasteiger partial charge in [0.1, 0.15) is 165 Å². The van der Waals surface area contributed by atoms with Crippen LogP contribution < -0.4 is 18.9 Å². The van der Waals surface area contributed by atoms with Gasteiger partial charge in [-0.1, -0.05) is 0 Å². The number of carbonyl (C=O) groups is 4. The monoisotopic (exact) mass is 1910 g/mol. The van der Waals surface area contributed by atoms with Gasteiger partial charge in [-0.05, 0) is 6.08 Å². The Hall–Kier alpha value is -4.61. The molecule has 696 valence electrons. The fraction of sp³-hybridized carbons (Fsp3) is 0.875. The minimum absolute atomic E-state index is 0.482. The van der Waals surface area contributed by atoms with E-state index < -0.39 is 362 Å². The van der Waals surface area contributed by atoms with E-state index in [1.165, 1.54) is 18.9 Å². The predicted molar refractivity (Wildman–Crippen MR) is 346 cm³/mol. The molecule has 8 heterocycles. The summed E-state index contributed by atoms with van der Waals surface area (Å²) in [7, 11) is -40.2. The van der Waals surface area contributed by atoms with E-state index >= 15 is 0 Å². The zero-order valence-corrected chi connectivity index (χ0v) is 64.3. The molecule has 0 radical (unpaired) electrons. The van der Waals surface area contributed by atoms with Gasteiger partial charge in [0.25, 0.3) is 0 Å². The average molecular weight is 1910 g/mol. The largest absolute Gasteiger partial charge is 0.479 e. The molecular formula is C48H76N4O61S7. The van der Waals surface area contributed by atoms with Crippen LogP contribution in [0.1, 0.15) is 0 Å². The summed E-state index contributed by atoms with van der Waals surface area (Å²) >= 11 is 0. The predicted octanol–water partition coefficient (Wildman–Crippen LogP) is -19.8. The van der Waals surface area contributed by atoms with Gasteiger partial charge < -0.3 is 163 Å². The van der Waals surface area contributed by atoms with Crippen molar-refractivity contribution in [3.8, 4) is 0 Å². The first-order chi connectivity index (χ1) is 55.0. The molecule has 65 nitrogen and oxygen atoms in total. The molecule has 0 bridgehead atoms. The molecule has 0 amide bonds. The summed E-state index contributed by atoms with van der Waals surface area (Å²) in [6.45, 7) is -6.60. The standard InChI is InChI=1S/C48H76N4O61S7/c53-2-8-27(104-45-16(55)6(54)1-7(100-45)37(66)67)18(57)13(50-115(78,79)80)42(101-8)108-31-21(60)25(64)47(112-34(31)38(68)69)106-29-10(4-97-119(90,91)92)103-44(15(19(29)58)52-117(84,85)86)110-33-23(62)26(65)48(113-36(33)40(72)73)107-30-11(5-98-120(93,94)95)102-43(14(20(30)59)51-116(81,82)83)109-32-22(61)24(63)46(111-35(32)39(70)71)105-28-9(3-96-118(87,88)89)99-41(74)12(17(28)56)49-114(75,76)77/h1,6,8-36,41-65,74H,2-5H2,(H,66,67)(H,68,69)(H,70,71)(H,72,73)(H,75,76,77)(H,78,79,80)(H,81,82,83)(H,84,85,86)(H,87,88,89)(H,90,91,92)(H,93,94,95)/t6-,8+,9+,10+,11+,12+,13+,14+,15+,16+,17+,18+,19+,20+,21+,22+,23+,24+,25+,26+,27+,28+,29+,30+,31-,32-,33-,34?,35?,36?,41-,42+,43+,44+,45-,46?,47?,48?/m0/s1. The molecule has 8 aliphatic heterocycles. The van der Waals surface area contributed by atoms with Crippen LogP contribution in [0.4, 0.5) is 0 Å². The maximum atomic E-state index is 13.2. The van der Waals surface area contributed by atoms with E-state index in [9.17, 15) is 197 Å². The molecule has 0 aromatic rings. The third-order valence-corrected chi connectivity index (χ3v) is 21.6. The van der Waals surface area contributed by atoms with Crippen LogP contribution in [0, 0.1) is 0 Å². The Balaban J connectivity index is 1.04. The third kappa shape index (κ3) is 25.8. The highest BCUT2D eigenvalue weighted by atomic mass is 32.3. The Morgan fingerprint density at radius 2 is 0.575 bits per heavy atom. The van der Waals surface area contributed by atoms with Crippen LogP contribution in [0.15, 0.2) is 11.8 Å². The van der Waals surface area contributed by atoms with E-state index in [0.29, 0.717) is 6.08 Å². The van der Waals surface area contributed by atoms with Gasteiger partial charge >= 0.3 is 96.3 Å². The summed E-state index contributed by atoms with van der Waals surface area (Å²) in [6, 6.07) is -10.9. The summed E-state index contributed by atoms with van der Waals surface area (Å²) in [5, 5.41) is 198. The summed E-state index contributed by atoms with van der Waals surface area (Å²) in [6.07, 6.45) is -93.5. The number of hydrogen-bond acceptors (Lipinski definition) is 50. The number of aliphatic hydroxyl groups is 14. The number of rotatable bonds is 36. The van der Waals surface area contributed by atoms with Gasteiger partial charge in [-0.3, -0.25) is 31.9 Å². The lowest BCUT2D eigenvalue weighted by molar-refractivity contribution is -0.380. The van der Waals surface area contributed by atoms with Gasteiger partial charge in [0.15, 0.2) is 62.3 Å². The van der Waals surface area contributed by atoms with Crippen LogP contribution in [-0.4, -0.2) is 466 Å². The normalized spacial score (nSPS) is 42.3. The highest BCUT2D eigenvalue weighted by molar-refractivity contribution is 7.84. The summed E-state index contributed by atoms with van der Waals surface area (Å²) in [5.41, 5.74) is 0. The van der Waals surface area contributed by atoms with E-state index in [2.05, 4.69) is 12.5 Å². The van der Waals surface area contributed by atoms with Gasteiger partial charge in [0.2, 0.25) is 12.0 Å². The average Bonchev–Trinajstić information content (AvgIpc) is 0.763. The highest BCUT2D eigenvalue weighted by Gasteiger charge is 2.63. The Morgan fingerprint density at radius 3 is 0.850 bits per heavy atom. The van der Waals surface area contributed by atoms with Crippen LogP contribution >= 0.6 is 0 Å². The number of carboxylic acid groups (broad SMARTS) is 4. The Bertz CT molecular complexity index is 4460. The van der Waals surface area contributed by atoms with Crippen LogP contribution in [0.5, 0.6) is 0 Å². The Labute approximate surface area is 669 Å². The second-order valence-corrected chi connectivity index (χ2v) is 34.2. The van der Waals surface area contributed by atoms with Gasteiger partial charge in [0, 0.05) is 0 Å². The maximum Gasteiger partial charge on any atom is 0.397 e. The van der Waals surface area contributed by atoms with E-state index in [4.69, 9.17) is 75.6 Å². The van der Waals surface area contributed by atoms with Crippen molar-refractivity contribution in [1.29, 1.82) is 0 Å². The number of carboxylic acids is 4. The zero-order valence-electron chi connectivity index (χ0n) is 58.6. The molecule has 0 aromatic heterocycles. The summed E-state index contributed by atoms with van der Waals surface area (Å²) < 4.78 is 335. The van der Waals surface area contributed by atoms with Gasteiger partial charge in [-0.15, -0.1) is 0 Å². The number of aliphatic carboxylic acids is 4. The molecular weight excluding hydrogens is 1830 g/mol. The number of ether oxygens (including phenoxy) is 15. The first kappa shape index (κ1) is 101. The maximum absolute atomic E-state index is 13.2. The Kier molecular flexibility index (Phi) is 33.0. The molecule has 72 heteroatoms. The SMILES string of the molecule is O=C(O)C1=C[C@H](O)[C@@H](O)[C@H](O[C@H]2[C@H](O)[C@@H](NS(=O)(=O)O)[C@@H](O[C@@H]3C(C(=O)O)OC(O[C@H]4[C@H](O)[C@@H](NS(=O)(=O)O)[C@@H](O[C@@H]5C(C(=O)O)OC(O[C@H]6[C@H](O)[C@@H](NS(=O)(=O)O)[C@@H](O[C@@H]7C(C(=O)O)OC(O[C@H]8[C@H](O)[C@@H](NS(=O)(=O)O)[C@@H](O)O[C@@H]8COS(=O)(=O)O)[C@H](O)[C@H]7O)O[C@@H]6COS(=O)(=O)O)[C@H](O)[C@H]5O)O[C@@H]4COS(=O)(=O)O)[C@H](O)[C@H]3O)O[C@@H]2CO)O1. The number of nitrogens with one attached hydrogen (secondary N) is 4. The second kappa shape index (κ2) is 39.3. The van der Waals surface area contributed by atoms with Crippen LogP contribution in [-0.2, 0) is 175 Å². The van der Waals surface area contributed by atoms with Crippen molar-refractivity contribution in [1.82, 2.24) is 18.9 Å². The number of hydrogen-bond donors (Lipinski definition) is 29. The molecule has 6 unspecified atom stereocenters. The van der Waals surface area contributed by atoms with E-state index in [-0.39, 0.29) is 0 Å². The second-order valence-electron chi connectivity index (χ2n) is 26.2. The van der Waals surface area contributed by atoms with Crippen LogP contribution in [0.2, 0.25) is 0 Å². The van der Waals surface area contributed by atoms with E-state index in [1.54, 1.807) is 0 Å². The summed E-state index contributed by atoms with van der Waals surface area (Å²) in [5.74, 6) is -10.1. The molecule has 0 aliphatic carbocycles. The topological polar surface area (TPSA) is 1030 Å². The molecule has 29 N–H and O–H groups in total. The lowest BCUT2D eigenvalue weighted by Gasteiger charge is -2.50. The molecule has 7 saturated heterocycles. The molecule has 0 spiro atoms. The first-order valence-corrected chi connectivity index (χ1v) is 42.6. The lowest BCUT2D eigenvalue weighted by atomic mass is 9.94.